The number of rotatable bonds is 5. The molecule has 1 fully saturated rings. The van der Waals surface area contributed by atoms with Crippen molar-refractivity contribution in [2.24, 2.45) is 0 Å². The molecule has 0 amide bonds. The lowest BCUT2D eigenvalue weighted by Crippen LogP contribution is -2.48. The number of halogens is 4. The standard InChI is InChI=1S/C25H23ClF3NO2/c26-21-14-19(25(27,28)29)15-22(31)20(21)16-30-13-7-12-23(30)24(32,17-8-3-1-4-9-17)18-10-5-2-6-11-18/h1-6,8-11,14-15,23,31-32H,7,12-13,16H2/t23-/m0/s1. The van der Waals surface area contributed by atoms with Crippen LogP contribution in [0.1, 0.15) is 35.1 Å². The van der Waals surface area contributed by atoms with E-state index in [0.717, 1.165) is 23.6 Å². The molecule has 3 nitrogen and oxygen atoms in total. The zero-order valence-corrected chi connectivity index (χ0v) is 17.9. The molecule has 0 bridgehead atoms. The molecule has 1 heterocycles. The Bertz CT molecular complexity index is 1010. The summed E-state index contributed by atoms with van der Waals surface area (Å²) in [5.41, 5.74) is -0.661. The van der Waals surface area contributed by atoms with E-state index in [4.69, 9.17) is 11.6 Å². The van der Waals surface area contributed by atoms with Crippen molar-refractivity contribution in [2.75, 3.05) is 6.54 Å². The largest absolute Gasteiger partial charge is 0.508 e. The van der Waals surface area contributed by atoms with E-state index < -0.39 is 23.1 Å². The van der Waals surface area contributed by atoms with Crippen molar-refractivity contribution < 1.29 is 23.4 Å². The third-order valence-electron chi connectivity index (χ3n) is 6.13. The van der Waals surface area contributed by atoms with Gasteiger partial charge in [-0.05, 0) is 42.6 Å². The molecule has 32 heavy (non-hydrogen) atoms. The summed E-state index contributed by atoms with van der Waals surface area (Å²) in [4.78, 5) is 1.98. The Morgan fingerprint density at radius 3 is 1.97 bits per heavy atom. The summed E-state index contributed by atoms with van der Waals surface area (Å²) in [6.07, 6.45) is -3.12. The average molecular weight is 462 g/mol. The maximum absolute atomic E-state index is 13.1. The molecule has 3 aromatic carbocycles. The molecule has 0 unspecified atom stereocenters. The number of hydrogen-bond acceptors (Lipinski definition) is 3. The Kier molecular flexibility index (Phi) is 6.21. The van der Waals surface area contributed by atoms with E-state index in [1.165, 1.54) is 0 Å². The number of nitrogens with zero attached hydrogens (tertiary/aromatic N) is 1. The zero-order valence-electron chi connectivity index (χ0n) is 17.2. The predicted octanol–water partition coefficient (Wildman–Crippen LogP) is 5.96. The molecule has 1 atom stereocenters. The van der Waals surface area contributed by atoms with Crippen molar-refractivity contribution in [3.63, 3.8) is 0 Å². The van der Waals surface area contributed by atoms with Crippen LogP contribution in [0.2, 0.25) is 5.02 Å². The van der Waals surface area contributed by atoms with Crippen LogP contribution in [0.3, 0.4) is 0 Å². The summed E-state index contributed by atoms with van der Waals surface area (Å²) in [6, 6.07) is 19.9. The smallest absolute Gasteiger partial charge is 0.416 e. The summed E-state index contributed by atoms with van der Waals surface area (Å²) >= 11 is 6.17. The highest BCUT2D eigenvalue weighted by Crippen LogP contribution is 2.43. The minimum atomic E-state index is -4.60. The van der Waals surface area contributed by atoms with Gasteiger partial charge in [0.1, 0.15) is 11.4 Å². The fourth-order valence-electron chi connectivity index (χ4n) is 4.57. The van der Waals surface area contributed by atoms with E-state index >= 15 is 0 Å². The van der Waals surface area contributed by atoms with Crippen LogP contribution in [0.15, 0.2) is 72.8 Å². The van der Waals surface area contributed by atoms with Crippen LogP contribution in [0, 0.1) is 0 Å². The van der Waals surface area contributed by atoms with Crippen molar-refractivity contribution in [3.05, 3.63) is 100 Å². The van der Waals surface area contributed by atoms with Gasteiger partial charge in [-0.25, -0.2) is 0 Å². The first kappa shape index (κ1) is 22.6. The van der Waals surface area contributed by atoms with E-state index in [9.17, 15) is 23.4 Å². The second-order valence-electron chi connectivity index (χ2n) is 8.08. The lowest BCUT2D eigenvalue weighted by molar-refractivity contribution is -0.137. The number of benzene rings is 3. The van der Waals surface area contributed by atoms with Crippen LogP contribution in [-0.2, 0) is 18.3 Å². The summed E-state index contributed by atoms with van der Waals surface area (Å²) < 4.78 is 39.2. The number of likely N-dealkylation sites (tertiary alicyclic amines) is 1. The molecule has 4 rings (SSSR count). The van der Waals surface area contributed by atoms with Gasteiger partial charge < -0.3 is 10.2 Å². The van der Waals surface area contributed by atoms with E-state index in [-0.39, 0.29) is 23.2 Å². The first-order chi connectivity index (χ1) is 15.2. The summed E-state index contributed by atoms with van der Waals surface area (Å²) in [7, 11) is 0. The molecule has 1 aliphatic heterocycles. The molecule has 2 N–H and O–H groups in total. The Hall–Kier alpha value is -2.54. The molecule has 1 saturated heterocycles. The molecule has 0 aliphatic carbocycles. The molecule has 0 saturated carbocycles. The third-order valence-corrected chi connectivity index (χ3v) is 6.47. The van der Waals surface area contributed by atoms with Gasteiger partial charge in [-0.3, -0.25) is 4.90 Å². The highest BCUT2D eigenvalue weighted by Gasteiger charge is 2.45. The van der Waals surface area contributed by atoms with Gasteiger partial charge >= 0.3 is 6.18 Å². The number of aliphatic hydroxyl groups is 1. The Morgan fingerprint density at radius 1 is 0.906 bits per heavy atom. The monoisotopic (exact) mass is 461 g/mol. The van der Waals surface area contributed by atoms with Crippen molar-refractivity contribution in [1.29, 1.82) is 0 Å². The number of hydrogen-bond donors (Lipinski definition) is 2. The number of phenolic OH excluding ortho intramolecular Hbond substituents is 1. The quantitative estimate of drug-likeness (QED) is 0.492. The summed E-state index contributed by atoms with van der Waals surface area (Å²) in [6.45, 7) is 0.735. The normalized spacial score (nSPS) is 17.6. The molecule has 168 valence electrons. The Balaban J connectivity index is 1.73. The molecule has 1 aliphatic rings. The lowest BCUT2D eigenvalue weighted by atomic mass is 9.79. The second kappa shape index (κ2) is 8.77. The van der Waals surface area contributed by atoms with Gasteiger partial charge in [0.2, 0.25) is 0 Å². The summed E-state index contributed by atoms with van der Waals surface area (Å²) in [5, 5.41) is 22.3. The molecule has 7 heteroatoms. The van der Waals surface area contributed by atoms with Gasteiger partial charge in [0.25, 0.3) is 0 Å². The number of aromatic hydroxyl groups is 1. The second-order valence-corrected chi connectivity index (χ2v) is 8.49. The molecule has 0 aromatic heterocycles. The Morgan fingerprint density at radius 2 is 1.47 bits per heavy atom. The van der Waals surface area contributed by atoms with Gasteiger partial charge in [-0.1, -0.05) is 72.3 Å². The highest BCUT2D eigenvalue weighted by molar-refractivity contribution is 6.31. The fraction of sp³-hybridized carbons (Fsp3) is 0.280. The van der Waals surface area contributed by atoms with Crippen molar-refractivity contribution in [1.82, 2.24) is 4.90 Å². The maximum Gasteiger partial charge on any atom is 0.416 e. The van der Waals surface area contributed by atoms with Gasteiger partial charge in [-0.15, -0.1) is 0 Å². The zero-order chi connectivity index (χ0) is 22.9. The first-order valence-corrected chi connectivity index (χ1v) is 10.7. The first-order valence-electron chi connectivity index (χ1n) is 10.4. The van der Waals surface area contributed by atoms with Crippen LogP contribution >= 0.6 is 11.6 Å². The Labute approximate surface area is 189 Å². The van der Waals surface area contributed by atoms with E-state index in [0.29, 0.717) is 19.0 Å². The maximum atomic E-state index is 13.1. The molecule has 0 spiro atoms. The van der Waals surface area contributed by atoms with E-state index in [2.05, 4.69) is 0 Å². The molecule has 3 aromatic rings. The van der Waals surface area contributed by atoms with Crippen molar-refractivity contribution >= 4 is 11.6 Å². The number of alkyl halides is 3. The van der Waals surface area contributed by atoms with Crippen molar-refractivity contribution in [2.45, 2.75) is 37.2 Å². The molecular formula is C25H23ClF3NO2. The minimum absolute atomic E-state index is 0.120. The van der Waals surface area contributed by atoms with Crippen molar-refractivity contribution in [3.8, 4) is 5.75 Å². The highest BCUT2D eigenvalue weighted by atomic mass is 35.5. The summed E-state index contributed by atoms with van der Waals surface area (Å²) in [5.74, 6) is -0.501. The fourth-order valence-corrected chi connectivity index (χ4v) is 4.84. The topological polar surface area (TPSA) is 43.7 Å². The van der Waals surface area contributed by atoms with Gasteiger partial charge in [0.05, 0.1) is 5.56 Å². The number of phenols is 1. The van der Waals surface area contributed by atoms with Crippen LogP contribution in [0.4, 0.5) is 13.2 Å². The molecule has 0 radical (unpaired) electrons. The van der Waals surface area contributed by atoms with Gasteiger partial charge in [-0.2, -0.15) is 13.2 Å². The van der Waals surface area contributed by atoms with Crippen LogP contribution in [0.5, 0.6) is 5.75 Å². The predicted molar refractivity (Wildman–Crippen MR) is 117 cm³/mol. The van der Waals surface area contributed by atoms with Crippen LogP contribution < -0.4 is 0 Å². The third kappa shape index (κ3) is 4.22. The van der Waals surface area contributed by atoms with Gasteiger partial charge in [0.15, 0.2) is 0 Å². The van der Waals surface area contributed by atoms with Gasteiger partial charge in [0, 0.05) is 23.2 Å². The lowest BCUT2D eigenvalue weighted by Gasteiger charge is -2.40. The molecular weight excluding hydrogens is 439 g/mol. The SMILES string of the molecule is Oc1cc(C(F)(F)F)cc(Cl)c1CN1CCC[C@H]1C(O)(c1ccccc1)c1ccccc1. The average Bonchev–Trinajstić information content (AvgIpc) is 3.25. The van der Waals surface area contributed by atoms with E-state index in [1.807, 2.05) is 65.6 Å². The van der Waals surface area contributed by atoms with E-state index in [1.54, 1.807) is 0 Å². The van der Waals surface area contributed by atoms with Crippen LogP contribution in [-0.4, -0.2) is 27.7 Å². The van der Waals surface area contributed by atoms with Crippen LogP contribution in [0.25, 0.3) is 0 Å². The minimum Gasteiger partial charge on any atom is -0.508 e.